The number of benzene rings is 1. The highest BCUT2D eigenvalue weighted by Gasteiger charge is 2.33. The first-order chi connectivity index (χ1) is 11.0. The second-order valence-corrected chi connectivity index (χ2v) is 6.49. The van der Waals surface area contributed by atoms with Crippen molar-refractivity contribution >= 4 is 5.91 Å². The molecular formula is C18H25N3O2. The zero-order valence-corrected chi connectivity index (χ0v) is 13.9. The molecule has 0 radical (unpaired) electrons. The molecule has 0 heterocycles. The Hall–Kier alpha value is -2.06. The van der Waals surface area contributed by atoms with Crippen molar-refractivity contribution in [2.75, 3.05) is 13.6 Å². The van der Waals surface area contributed by atoms with Crippen molar-refractivity contribution in [3.05, 3.63) is 29.8 Å². The van der Waals surface area contributed by atoms with E-state index in [1.165, 1.54) is 0 Å². The second-order valence-electron chi connectivity index (χ2n) is 6.49. The Balaban J connectivity index is 1.95. The van der Waals surface area contributed by atoms with Crippen LogP contribution in [0.15, 0.2) is 24.3 Å². The van der Waals surface area contributed by atoms with Gasteiger partial charge in [0.15, 0.2) is 0 Å². The third-order valence-electron chi connectivity index (χ3n) is 4.71. The summed E-state index contributed by atoms with van der Waals surface area (Å²) in [6.07, 6.45) is 4.59. The van der Waals surface area contributed by atoms with Crippen LogP contribution >= 0.6 is 0 Å². The topological polar surface area (TPSA) is 76.4 Å². The molecule has 0 aliphatic heterocycles. The molecule has 124 valence electrons. The molecule has 1 saturated carbocycles. The lowest BCUT2D eigenvalue weighted by Gasteiger charge is -2.33. The molecule has 1 atom stereocenters. The van der Waals surface area contributed by atoms with Gasteiger partial charge in [0.25, 0.3) is 0 Å². The van der Waals surface area contributed by atoms with E-state index in [4.69, 9.17) is 0 Å². The lowest BCUT2D eigenvalue weighted by Crippen LogP contribution is -2.51. The van der Waals surface area contributed by atoms with E-state index < -0.39 is 5.54 Å². The van der Waals surface area contributed by atoms with Gasteiger partial charge in [0.05, 0.1) is 12.6 Å². The Labute approximate surface area is 137 Å². The lowest BCUT2D eigenvalue weighted by molar-refractivity contribution is -0.124. The number of hydrogen-bond donors (Lipinski definition) is 2. The van der Waals surface area contributed by atoms with Crippen molar-refractivity contribution in [3.63, 3.8) is 0 Å². The lowest BCUT2D eigenvalue weighted by atomic mass is 9.83. The van der Waals surface area contributed by atoms with Gasteiger partial charge in [-0.05, 0) is 44.5 Å². The summed E-state index contributed by atoms with van der Waals surface area (Å²) in [6.45, 7) is 2.21. The molecule has 1 amide bonds. The molecule has 1 unspecified atom stereocenters. The van der Waals surface area contributed by atoms with Crippen molar-refractivity contribution in [3.8, 4) is 11.8 Å². The van der Waals surface area contributed by atoms with E-state index in [-0.39, 0.29) is 24.2 Å². The van der Waals surface area contributed by atoms with E-state index in [0.717, 1.165) is 37.7 Å². The number of phenolic OH excluding ortho intramolecular Hbond substituents is 1. The van der Waals surface area contributed by atoms with E-state index in [9.17, 15) is 15.2 Å². The third-order valence-corrected chi connectivity index (χ3v) is 4.71. The highest BCUT2D eigenvalue weighted by Crippen LogP contribution is 2.28. The highest BCUT2D eigenvalue weighted by molar-refractivity contribution is 5.79. The van der Waals surface area contributed by atoms with Crippen LogP contribution in [-0.2, 0) is 4.79 Å². The molecule has 0 saturated heterocycles. The monoisotopic (exact) mass is 315 g/mol. The van der Waals surface area contributed by atoms with Crippen LogP contribution in [0.2, 0.25) is 0 Å². The zero-order valence-electron chi connectivity index (χ0n) is 13.9. The number of nitrogens with one attached hydrogen (secondary N) is 1. The number of phenols is 1. The molecule has 1 aromatic rings. The zero-order chi connectivity index (χ0) is 16.9. The molecular weight excluding hydrogens is 290 g/mol. The van der Waals surface area contributed by atoms with Crippen molar-refractivity contribution in [1.82, 2.24) is 10.2 Å². The first-order valence-corrected chi connectivity index (χ1v) is 8.17. The van der Waals surface area contributed by atoms with Crippen LogP contribution in [0.25, 0.3) is 0 Å². The molecule has 2 N–H and O–H groups in total. The third kappa shape index (κ3) is 4.46. The fourth-order valence-electron chi connectivity index (χ4n) is 3.13. The Morgan fingerprint density at radius 3 is 2.74 bits per heavy atom. The minimum Gasteiger partial charge on any atom is -0.508 e. The predicted molar refractivity (Wildman–Crippen MR) is 88.7 cm³/mol. The molecule has 5 nitrogen and oxygen atoms in total. The van der Waals surface area contributed by atoms with Crippen LogP contribution in [-0.4, -0.2) is 35.0 Å². The Bertz CT molecular complexity index is 588. The summed E-state index contributed by atoms with van der Waals surface area (Å²) in [6, 6.07) is 9.36. The van der Waals surface area contributed by atoms with Crippen LogP contribution in [0, 0.1) is 11.3 Å². The summed E-state index contributed by atoms with van der Waals surface area (Å²) in [7, 11) is 1.87. The predicted octanol–water partition coefficient (Wildman–Crippen LogP) is 2.73. The highest BCUT2D eigenvalue weighted by atomic mass is 16.3. The summed E-state index contributed by atoms with van der Waals surface area (Å²) < 4.78 is 0. The van der Waals surface area contributed by atoms with Gasteiger partial charge in [-0.25, -0.2) is 0 Å². The fraction of sp³-hybridized carbons (Fsp3) is 0.556. The Kier molecular flexibility index (Phi) is 5.62. The van der Waals surface area contributed by atoms with Gasteiger partial charge in [-0.1, -0.05) is 31.4 Å². The number of hydrogen-bond acceptors (Lipinski definition) is 4. The van der Waals surface area contributed by atoms with Gasteiger partial charge in [0, 0.05) is 6.04 Å². The van der Waals surface area contributed by atoms with Crippen molar-refractivity contribution in [2.45, 2.75) is 50.6 Å². The number of aromatic hydroxyl groups is 1. The molecule has 0 bridgehead atoms. The van der Waals surface area contributed by atoms with Crippen LogP contribution in [0.4, 0.5) is 0 Å². The summed E-state index contributed by atoms with van der Waals surface area (Å²) >= 11 is 0. The van der Waals surface area contributed by atoms with E-state index in [1.54, 1.807) is 18.2 Å². The minimum absolute atomic E-state index is 0.00255. The molecule has 1 aliphatic carbocycles. The normalized spacial score (nSPS) is 18.2. The molecule has 5 heteroatoms. The van der Waals surface area contributed by atoms with E-state index >= 15 is 0 Å². The van der Waals surface area contributed by atoms with Gasteiger partial charge in [-0.15, -0.1) is 0 Å². The summed E-state index contributed by atoms with van der Waals surface area (Å²) in [5, 5.41) is 21.9. The van der Waals surface area contributed by atoms with Gasteiger partial charge in [-0.3, -0.25) is 9.69 Å². The SMILES string of the molecule is CC(c1cccc(O)c1)N(C)CC(=O)NC1(C#N)CCCCC1. The van der Waals surface area contributed by atoms with Gasteiger partial charge in [-0.2, -0.15) is 5.26 Å². The number of amides is 1. The van der Waals surface area contributed by atoms with Crippen molar-refractivity contribution < 1.29 is 9.90 Å². The van der Waals surface area contributed by atoms with Crippen LogP contribution < -0.4 is 5.32 Å². The molecule has 23 heavy (non-hydrogen) atoms. The van der Waals surface area contributed by atoms with E-state index in [0.29, 0.717) is 0 Å². The number of nitrogens with zero attached hydrogens (tertiary/aromatic N) is 2. The largest absolute Gasteiger partial charge is 0.508 e. The second kappa shape index (κ2) is 7.47. The maximum Gasteiger partial charge on any atom is 0.235 e. The number of rotatable bonds is 5. The maximum atomic E-state index is 12.3. The van der Waals surface area contributed by atoms with Crippen LogP contribution in [0.5, 0.6) is 5.75 Å². The van der Waals surface area contributed by atoms with Gasteiger partial charge in [0.1, 0.15) is 11.3 Å². The summed E-state index contributed by atoms with van der Waals surface area (Å²) in [4.78, 5) is 14.2. The number of carbonyl (C=O) groups is 1. The van der Waals surface area contributed by atoms with Crippen LogP contribution in [0.3, 0.4) is 0 Å². The average molecular weight is 315 g/mol. The van der Waals surface area contributed by atoms with Crippen molar-refractivity contribution in [1.29, 1.82) is 5.26 Å². The number of nitriles is 1. The molecule has 0 aromatic heterocycles. The van der Waals surface area contributed by atoms with Gasteiger partial charge >= 0.3 is 0 Å². The summed E-state index contributed by atoms with van der Waals surface area (Å²) in [5.41, 5.74) is 0.262. The number of likely N-dealkylation sites (N-methyl/N-ethyl adjacent to an activating group) is 1. The molecule has 1 aromatic carbocycles. The smallest absolute Gasteiger partial charge is 0.235 e. The standard InChI is InChI=1S/C18H25N3O2/c1-14(15-7-6-8-16(22)11-15)21(2)12-17(23)20-18(13-19)9-4-3-5-10-18/h6-8,11,14,22H,3-5,9-10,12H2,1-2H3,(H,20,23). The van der Waals surface area contributed by atoms with Gasteiger partial charge < -0.3 is 10.4 Å². The Morgan fingerprint density at radius 1 is 1.43 bits per heavy atom. The first-order valence-electron chi connectivity index (χ1n) is 8.17. The first kappa shape index (κ1) is 17.3. The molecule has 0 spiro atoms. The maximum absolute atomic E-state index is 12.3. The average Bonchev–Trinajstić information content (AvgIpc) is 2.54. The molecule has 2 rings (SSSR count). The fourth-order valence-corrected chi connectivity index (χ4v) is 3.13. The van der Waals surface area contributed by atoms with E-state index in [2.05, 4.69) is 11.4 Å². The minimum atomic E-state index is -0.690. The molecule has 1 fully saturated rings. The quantitative estimate of drug-likeness (QED) is 0.876. The summed E-state index contributed by atoms with van der Waals surface area (Å²) in [5.74, 6) is 0.0980. The van der Waals surface area contributed by atoms with Gasteiger partial charge in [0.2, 0.25) is 5.91 Å². The van der Waals surface area contributed by atoms with Crippen LogP contribution in [0.1, 0.15) is 50.6 Å². The van der Waals surface area contributed by atoms with E-state index in [1.807, 2.05) is 24.9 Å². The molecule has 1 aliphatic rings. The Morgan fingerprint density at radius 2 is 2.13 bits per heavy atom. The number of carbonyl (C=O) groups excluding carboxylic acids is 1. The van der Waals surface area contributed by atoms with Crippen molar-refractivity contribution in [2.24, 2.45) is 0 Å².